The van der Waals surface area contributed by atoms with Gasteiger partial charge in [0.2, 0.25) is 5.91 Å². The van der Waals surface area contributed by atoms with Gasteiger partial charge in [0.25, 0.3) is 0 Å². The van der Waals surface area contributed by atoms with Crippen molar-refractivity contribution in [2.75, 3.05) is 25.0 Å². The van der Waals surface area contributed by atoms with Crippen LogP contribution < -0.4 is 10.2 Å². The van der Waals surface area contributed by atoms with E-state index in [1.807, 2.05) is 24.6 Å². The van der Waals surface area contributed by atoms with Crippen molar-refractivity contribution >= 4 is 22.2 Å². The maximum absolute atomic E-state index is 12.0. The molecule has 88 valence electrons. The topological polar surface area (TPSA) is 32.3 Å². The summed E-state index contributed by atoms with van der Waals surface area (Å²) >= 11 is 1.61. The Bertz CT molecular complexity index is 331. The third-order valence-corrected chi connectivity index (χ3v) is 4.08. The first-order valence-corrected chi connectivity index (χ1v) is 6.66. The highest BCUT2D eigenvalue weighted by Gasteiger charge is 2.19. The maximum atomic E-state index is 12.0. The zero-order valence-electron chi connectivity index (χ0n) is 9.61. The van der Waals surface area contributed by atoms with Gasteiger partial charge >= 0.3 is 0 Å². The van der Waals surface area contributed by atoms with E-state index >= 15 is 0 Å². The number of nitrogens with zero attached hydrogens (tertiary/aromatic N) is 1. The van der Waals surface area contributed by atoms with Crippen molar-refractivity contribution in [2.45, 2.75) is 19.3 Å². The minimum absolute atomic E-state index is 0.245. The van der Waals surface area contributed by atoms with E-state index in [1.165, 1.54) is 0 Å². The van der Waals surface area contributed by atoms with Crippen LogP contribution in [-0.4, -0.2) is 26.0 Å². The lowest BCUT2D eigenvalue weighted by Gasteiger charge is -2.24. The van der Waals surface area contributed by atoms with Crippen LogP contribution >= 0.6 is 11.3 Å². The van der Waals surface area contributed by atoms with E-state index in [-0.39, 0.29) is 5.91 Å². The van der Waals surface area contributed by atoms with E-state index in [9.17, 15) is 4.79 Å². The summed E-state index contributed by atoms with van der Waals surface area (Å²) in [5, 5.41) is 6.37. The summed E-state index contributed by atoms with van der Waals surface area (Å²) in [6.07, 6.45) is 2.95. The van der Waals surface area contributed by atoms with Crippen LogP contribution in [-0.2, 0) is 4.79 Å². The fourth-order valence-electron chi connectivity index (χ4n) is 2.05. The molecule has 16 heavy (non-hydrogen) atoms. The van der Waals surface area contributed by atoms with E-state index in [0.29, 0.717) is 12.3 Å². The number of anilines is 1. The van der Waals surface area contributed by atoms with Gasteiger partial charge in [-0.05, 0) is 49.4 Å². The third-order valence-electron chi connectivity index (χ3n) is 3.13. The van der Waals surface area contributed by atoms with Gasteiger partial charge in [-0.3, -0.25) is 4.79 Å². The van der Waals surface area contributed by atoms with Crippen molar-refractivity contribution in [3.63, 3.8) is 0 Å². The highest BCUT2D eigenvalue weighted by molar-refractivity contribution is 7.14. The molecule has 1 aliphatic rings. The highest BCUT2D eigenvalue weighted by atomic mass is 32.1. The first-order chi connectivity index (χ1) is 7.77. The van der Waals surface area contributed by atoms with Crippen LogP contribution in [0.5, 0.6) is 0 Å². The predicted octanol–water partition coefficient (Wildman–Crippen LogP) is 2.10. The molecule has 1 aromatic heterocycles. The fourth-order valence-corrected chi connectivity index (χ4v) is 2.77. The van der Waals surface area contributed by atoms with E-state index in [2.05, 4.69) is 5.32 Å². The SMILES string of the molecule is CN(C(=O)CC1CCNCC1)c1cccs1. The Labute approximate surface area is 100 Å². The number of amides is 1. The molecule has 4 heteroatoms. The van der Waals surface area contributed by atoms with Crippen LogP contribution in [0, 0.1) is 5.92 Å². The number of carbonyl (C=O) groups excluding carboxylic acids is 1. The first kappa shape index (κ1) is 11.6. The summed E-state index contributed by atoms with van der Waals surface area (Å²) in [5.74, 6) is 0.811. The van der Waals surface area contributed by atoms with Crippen molar-refractivity contribution in [1.82, 2.24) is 5.32 Å². The van der Waals surface area contributed by atoms with Gasteiger partial charge in [-0.25, -0.2) is 0 Å². The van der Waals surface area contributed by atoms with E-state index in [1.54, 1.807) is 16.2 Å². The molecule has 0 unspecified atom stereocenters. The number of piperidine rings is 1. The second-order valence-corrected chi connectivity index (χ2v) is 5.23. The molecule has 0 spiro atoms. The number of nitrogens with one attached hydrogen (secondary N) is 1. The van der Waals surface area contributed by atoms with Crippen LogP contribution in [0.15, 0.2) is 17.5 Å². The van der Waals surface area contributed by atoms with Gasteiger partial charge in [0, 0.05) is 13.5 Å². The summed E-state index contributed by atoms with van der Waals surface area (Å²) in [6.45, 7) is 2.11. The molecule has 2 rings (SSSR count). The Hall–Kier alpha value is -0.870. The molecule has 0 radical (unpaired) electrons. The number of hydrogen-bond donors (Lipinski definition) is 1. The number of rotatable bonds is 3. The summed E-state index contributed by atoms with van der Waals surface area (Å²) < 4.78 is 0. The van der Waals surface area contributed by atoms with Gasteiger partial charge in [-0.1, -0.05) is 0 Å². The van der Waals surface area contributed by atoms with Gasteiger partial charge in [-0.15, -0.1) is 11.3 Å². The lowest BCUT2D eigenvalue weighted by Crippen LogP contribution is -2.33. The standard InChI is InChI=1S/C12H18N2OS/c1-14(12-3-2-8-16-12)11(15)9-10-4-6-13-7-5-10/h2-3,8,10,13H,4-7,9H2,1H3. The average Bonchev–Trinajstić information content (AvgIpc) is 2.83. The van der Waals surface area contributed by atoms with Crippen molar-refractivity contribution in [2.24, 2.45) is 5.92 Å². The molecule has 1 fully saturated rings. The number of thiophene rings is 1. The molecule has 1 aromatic rings. The molecule has 0 atom stereocenters. The Balaban J connectivity index is 1.87. The van der Waals surface area contributed by atoms with Gasteiger partial charge < -0.3 is 10.2 Å². The lowest BCUT2D eigenvalue weighted by molar-refractivity contribution is -0.119. The Morgan fingerprint density at radius 2 is 2.31 bits per heavy atom. The molecule has 3 nitrogen and oxygen atoms in total. The van der Waals surface area contributed by atoms with Crippen molar-refractivity contribution < 1.29 is 4.79 Å². The van der Waals surface area contributed by atoms with E-state index in [0.717, 1.165) is 30.9 Å². The van der Waals surface area contributed by atoms with E-state index in [4.69, 9.17) is 0 Å². The number of carbonyl (C=O) groups is 1. The molecule has 0 saturated carbocycles. The second-order valence-electron chi connectivity index (χ2n) is 4.30. The Kier molecular flexibility index (Phi) is 3.96. The fraction of sp³-hybridized carbons (Fsp3) is 0.583. The summed E-state index contributed by atoms with van der Waals surface area (Å²) in [4.78, 5) is 13.8. The van der Waals surface area contributed by atoms with Gasteiger partial charge in [0.15, 0.2) is 0 Å². The van der Waals surface area contributed by atoms with Crippen molar-refractivity contribution in [3.8, 4) is 0 Å². The highest BCUT2D eigenvalue weighted by Crippen LogP contribution is 2.23. The zero-order valence-corrected chi connectivity index (χ0v) is 10.4. The normalized spacial score (nSPS) is 17.3. The minimum atomic E-state index is 0.245. The average molecular weight is 238 g/mol. The largest absolute Gasteiger partial charge is 0.317 e. The molecular weight excluding hydrogens is 220 g/mol. The molecule has 0 bridgehead atoms. The van der Waals surface area contributed by atoms with Crippen molar-refractivity contribution in [1.29, 1.82) is 0 Å². The van der Waals surface area contributed by atoms with Gasteiger partial charge in [0.1, 0.15) is 0 Å². The molecule has 1 saturated heterocycles. The van der Waals surface area contributed by atoms with Crippen LogP contribution in [0.2, 0.25) is 0 Å². The van der Waals surface area contributed by atoms with Crippen LogP contribution in [0.4, 0.5) is 5.00 Å². The van der Waals surface area contributed by atoms with Gasteiger partial charge in [-0.2, -0.15) is 0 Å². The quantitative estimate of drug-likeness (QED) is 0.874. The zero-order chi connectivity index (χ0) is 11.4. The molecule has 1 aliphatic heterocycles. The second kappa shape index (κ2) is 5.46. The molecule has 2 heterocycles. The van der Waals surface area contributed by atoms with Gasteiger partial charge in [0.05, 0.1) is 5.00 Å². The first-order valence-electron chi connectivity index (χ1n) is 5.78. The van der Waals surface area contributed by atoms with Crippen molar-refractivity contribution in [3.05, 3.63) is 17.5 Å². The third kappa shape index (κ3) is 2.83. The van der Waals surface area contributed by atoms with Crippen LogP contribution in [0.1, 0.15) is 19.3 Å². The summed E-state index contributed by atoms with van der Waals surface area (Å²) in [7, 11) is 1.87. The lowest BCUT2D eigenvalue weighted by atomic mass is 9.94. The minimum Gasteiger partial charge on any atom is -0.317 e. The molecule has 0 aliphatic carbocycles. The summed E-state index contributed by atoms with van der Waals surface area (Å²) in [6, 6.07) is 3.97. The van der Waals surface area contributed by atoms with Crippen LogP contribution in [0.3, 0.4) is 0 Å². The smallest absolute Gasteiger partial charge is 0.227 e. The summed E-state index contributed by atoms with van der Waals surface area (Å²) in [5.41, 5.74) is 0. The molecular formula is C12H18N2OS. The molecule has 1 N–H and O–H groups in total. The predicted molar refractivity (Wildman–Crippen MR) is 67.9 cm³/mol. The molecule has 0 aromatic carbocycles. The molecule has 1 amide bonds. The number of hydrogen-bond acceptors (Lipinski definition) is 3. The Morgan fingerprint density at radius 1 is 1.56 bits per heavy atom. The van der Waals surface area contributed by atoms with E-state index < -0.39 is 0 Å². The maximum Gasteiger partial charge on any atom is 0.227 e. The monoisotopic (exact) mass is 238 g/mol. The Morgan fingerprint density at radius 3 is 2.94 bits per heavy atom. The van der Waals surface area contributed by atoms with Crippen LogP contribution in [0.25, 0.3) is 0 Å².